The number of fused-ring (bicyclic) bond motifs is 1. The summed E-state index contributed by atoms with van der Waals surface area (Å²) in [5, 5.41) is 19.9. The van der Waals surface area contributed by atoms with Gasteiger partial charge in [0.15, 0.2) is 11.6 Å². The van der Waals surface area contributed by atoms with Gasteiger partial charge in [0.2, 0.25) is 0 Å². The lowest BCUT2D eigenvalue weighted by Gasteiger charge is -2.06. The van der Waals surface area contributed by atoms with Crippen LogP contribution in [0.15, 0.2) is 36.1 Å². The maximum atomic E-state index is 12.3. The molecule has 3 rings (SSSR count). The van der Waals surface area contributed by atoms with Crippen molar-refractivity contribution in [2.45, 2.75) is 26.7 Å². The summed E-state index contributed by atoms with van der Waals surface area (Å²) >= 11 is 1.38. The lowest BCUT2D eigenvalue weighted by molar-refractivity contribution is 0.0508. The normalized spacial score (nSPS) is 11.9. The molecule has 0 aliphatic rings. The fourth-order valence-electron chi connectivity index (χ4n) is 3.03. The lowest BCUT2D eigenvalue weighted by Crippen LogP contribution is -2.09. The zero-order chi connectivity index (χ0) is 20.3. The number of allylic oxidation sites excluding steroid dienone is 1. The van der Waals surface area contributed by atoms with Crippen LogP contribution >= 0.6 is 11.3 Å². The Labute approximate surface area is 167 Å². The average molecular weight is 395 g/mol. The Kier molecular flexibility index (Phi) is 5.81. The first kappa shape index (κ1) is 19.6. The van der Waals surface area contributed by atoms with Crippen LogP contribution in [0.4, 0.5) is 0 Å². The first-order chi connectivity index (χ1) is 13.5. The van der Waals surface area contributed by atoms with Crippen LogP contribution in [0.25, 0.3) is 16.6 Å². The van der Waals surface area contributed by atoms with Crippen LogP contribution in [-0.2, 0) is 18.2 Å². The second kappa shape index (κ2) is 8.28. The van der Waals surface area contributed by atoms with Gasteiger partial charge in [-0.3, -0.25) is 0 Å². The quantitative estimate of drug-likeness (QED) is 0.376. The third-order valence-corrected chi connectivity index (χ3v) is 5.57. The number of para-hydroxylation sites is 2. The number of hydrogen-bond acceptors (Lipinski definition) is 6. The van der Waals surface area contributed by atoms with Gasteiger partial charge in [-0.15, -0.1) is 11.3 Å². The number of esters is 1. The average Bonchev–Trinajstić information content (AvgIpc) is 3.22. The fraction of sp³-hybridized carbons (Fsp3) is 0.286. The molecule has 0 atom stereocenters. The minimum absolute atomic E-state index is 0.0134. The highest BCUT2D eigenvalue weighted by atomic mass is 32.1. The summed E-state index contributed by atoms with van der Waals surface area (Å²) < 4.78 is 6.96. The summed E-state index contributed by atoms with van der Waals surface area (Å²) in [6, 6.07) is 11.2. The largest absolute Gasteiger partial charge is 0.507 e. The van der Waals surface area contributed by atoms with E-state index in [-0.39, 0.29) is 17.9 Å². The van der Waals surface area contributed by atoms with E-state index in [0.717, 1.165) is 34.3 Å². The molecule has 0 radical (unpaired) electrons. The highest BCUT2D eigenvalue weighted by molar-refractivity contribution is 7.14. The van der Waals surface area contributed by atoms with Gasteiger partial charge < -0.3 is 14.4 Å². The number of nitrogens with zero attached hydrogens (tertiary/aromatic N) is 3. The van der Waals surface area contributed by atoms with E-state index < -0.39 is 5.97 Å². The van der Waals surface area contributed by atoms with E-state index in [1.54, 1.807) is 11.6 Å². The highest BCUT2D eigenvalue weighted by Crippen LogP contribution is 2.25. The van der Waals surface area contributed by atoms with Crippen LogP contribution in [0.1, 0.15) is 39.3 Å². The number of aryl methyl sites for hydroxylation is 3. The molecular weight excluding hydrogens is 374 g/mol. The van der Waals surface area contributed by atoms with Crippen molar-refractivity contribution in [1.82, 2.24) is 9.55 Å². The maximum Gasteiger partial charge on any atom is 0.348 e. The Bertz CT molecular complexity index is 1100. The summed E-state index contributed by atoms with van der Waals surface area (Å²) in [6.45, 7) is 3.68. The Morgan fingerprint density at radius 1 is 1.39 bits per heavy atom. The van der Waals surface area contributed by atoms with Gasteiger partial charge in [-0.2, -0.15) is 5.26 Å². The van der Waals surface area contributed by atoms with E-state index >= 15 is 0 Å². The van der Waals surface area contributed by atoms with Crippen molar-refractivity contribution in [2.24, 2.45) is 7.05 Å². The van der Waals surface area contributed by atoms with Gasteiger partial charge in [0.25, 0.3) is 0 Å². The van der Waals surface area contributed by atoms with Gasteiger partial charge in [0, 0.05) is 11.9 Å². The zero-order valence-electron chi connectivity index (χ0n) is 16.0. The van der Waals surface area contributed by atoms with Gasteiger partial charge in [-0.25, -0.2) is 9.78 Å². The third kappa shape index (κ3) is 3.78. The predicted octanol–water partition coefficient (Wildman–Crippen LogP) is 4.55. The minimum atomic E-state index is -0.510. The van der Waals surface area contributed by atoms with Gasteiger partial charge >= 0.3 is 5.97 Å². The van der Waals surface area contributed by atoms with E-state index in [4.69, 9.17) is 4.74 Å². The number of thiophene rings is 1. The molecule has 0 unspecified atom stereocenters. The van der Waals surface area contributed by atoms with Gasteiger partial charge in [-0.1, -0.05) is 25.5 Å². The number of benzene rings is 1. The number of ether oxygens (including phenoxy) is 1. The third-order valence-electron chi connectivity index (χ3n) is 4.49. The van der Waals surface area contributed by atoms with Gasteiger partial charge in [-0.05, 0) is 37.1 Å². The fourth-order valence-corrected chi connectivity index (χ4v) is 3.99. The standard InChI is InChI=1S/C21H21N3O3S/c1-4-7-14-10-19(28-13(14)2)21(26)27-12-18(25)15(11-22)20-23-16-8-5-6-9-17(16)24(20)3/h5-6,8-10,25H,4,7,12H2,1-3H3/b18-15-. The number of aromatic nitrogens is 2. The number of aliphatic hydroxyl groups excluding tert-OH is 1. The van der Waals surface area contributed by atoms with Crippen molar-refractivity contribution in [3.05, 3.63) is 57.2 Å². The number of imidazole rings is 1. The van der Waals surface area contributed by atoms with E-state index in [1.807, 2.05) is 43.3 Å². The van der Waals surface area contributed by atoms with Crippen molar-refractivity contribution in [2.75, 3.05) is 6.61 Å². The molecule has 0 spiro atoms. The molecule has 0 aliphatic heterocycles. The molecule has 0 bridgehead atoms. The SMILES string of the molecule is CCCc1cc(C(=O)OC/C(O)=C(\C#N)c2nc3ccccc3n2C)sc1C. The van der Waals surface area contributed by atoms with Crippen molar-refractivity contribution >= 4 is 33.9 Å². The molecule has 7 heteroatoms. The zero-order valence-corrected chi connectivity index (χ0v) is 16.8. The van der Waals surface area contributed by atoms with Crippen LogP contribution in [-0.4, -0.2) is 27.2 Å². The Morgan fingerprint density at radius 2 is 2.14 bits per heavy atom. The molecule has 2 aromatic heterocycles. The molecule has 28 heavy (non-hydrogen) atoms. The number of hydrogen-bond donors (Lipinski definition) is 1. The second-order valence-corrected chi connectivity index (χ2v) is 7.69. The Morgan fingerprint density at radius 3 is 2.82 bits per heavy atom. The molecule has 144 valence electrons. The van der Waals surface area contributed by atoms with E-state index in [2.05, 4.69) is 11.9 Å². The summed E-state index contributed by atoms with van der Waals surface area (Å²) in [5.41, 5.74) is 2.68. The summed E-state index contributed by atoms with van der Waals surface area (Å²) in [5.74, 6) is -0.505. The number of carbonyl (C=O) groups excluding carboxylic acids is 1. The molecule has 0 aliphatic carbocycles. The maximum absolute atomic E-state index is 12.3. The van der Waals surface area contributed by atoms with Crippen LogP contribution < -0.4 is 0 Å². The monoisotopic (exact) mass is 395 g/mol. The molecule has 1 N–H and O–H groups in total. The molecule has 6 nitrogen and oxygen atoms in total. The highest BCUT2D eigenvalue weighted by Gasteiger charge is 2.19. The number of nitriles is 1. The molecule has 0 amide bonds. The van der Waals surface area contributed by atoms with Crippen LogP contribution in [0.3, 0.4) is 0 Å². The molecule has 0 saturated heterocycles. The number of rotatable bonds is 6. The smallest absolute Gasteiger partial charge is 0.348 e. The first-order valence-corrected chi connectivity index (χ1v) is 9.78. The minimum Gasteiger partial charge on any atom is -0.507 e. The molecule has 0 fully saturated rings. The topological polar surface area (TPSA) is 88.1 Å². The number of aliphatic hydroxyl groups is 1. The summed E-state index contributed by atoms with van der Waals surface area (Å²) in [4.78, 5) is 18.3. The van der Waals surface area contributed by atoms with E-state index in [9.17, 15) is 15.2 Å². The summed E-state index contributed by atoms with van der Waals surface area (Å²) in [6.07, 6.45) is 1.91. The van der Waals surface area contributed by atoms with E-state index in [1.165, 1.54) is 11.3 Å². The first-order valence-electron chi connectivity index (χ1n) is 8.96. The van der Waals surface area contributed by atoms with Crippen LogP contribution in [0, 0.1) is 18.3 Å². The van der Waals surface area contributed by atoms with Crippen molar-refractivity contribution in [1.29, 1.82) is 5.26 Å². The van der Waals surface area contributed by atoms with Crippen molar-refractivity contribution in [3.63, 3.8) is 0 Å². The molecule has 3 aromatic rings. The molecular formula is C21H21N3O3S. The van der Waals surface area contributed by atoms with Crippen molar-refractivity contribution < 1.29 is 14.6 Å². The van der Waals surface area contributed by atoms with Gasteiger partial charge in [0.1, 0.15) is 23.1 Å². The van der Waals surface area contributed by atoms with Crippen LogP contribution in [0.2, 0.25) is 0 Å². The lowest BCUT2D eigenvalue weighted by atomic mass is 10.1. The molecule has 2 heterocycles. The Hall–Kier alpha value is -3.11. The summed E-state index contributed by atoms with van der Waals surface area (Å²) in [7, 11) is 1.77. The van der Waals surface area contributed by atoms with E-state index in [0.29, 0.717) is 10.7 Å². The number of carbonyl (C=O) groups is 1. The second-order valence-electron chi connectivity index (χ2n) is 6.43. The Balaban J connectivity index is 1.81. The predicted molar refractivity (Wildman–Crippen MR) is 109 cm³/mol. The molecule has 1 aromatic carbocycles. The molecule has 0 saturated carbocycles. The van der Waals surface area contributed by atoms with Crippen molar-refractivity contribution in [3.8, 4) is 6.07 Å². The van der Waals surface area contributed by atoms with Crippen LogP contribution in [0.5, 0.6) is 0 Å². The van der Waals surface area contributed by atoms with Gasteiger partial charge in [0.05, 0.1) is 11.0 Å².